The lowest BCUT2D eigenvalue weighted by atomic mass is 10.1. The van der Waals surface area contributed by atoms with Gasteiger partial charge in [-0.1, -0.05) is 51.9 Å². The van der Waals surface area contributed by atoms with E-state index in [0.717, 1.165) is 26.2 Å². The molecule has 0 saturated heterocycles. The molecular formula is C24H51NO6. The fraction of sp³-hybridized carbons (Fsp3) is 1.00. The molecule has 0 amide bonds. The summed E-state index contributed by atoms with van der Waals surface area (Å²) in [5, 5.41) is 0. The lowest BCUT2D eigenvalue weighted by Gasteiger charge is -2.10. The van der Waals surface area contributed by atoms with Crippen LogP contribution in [0.15, 0.2) is 0 Å². The molecule has 0 heterocycles. The van der Waals surface area contributed by atoms with Crippen LogP contribution < -0.4 is 0 Å². The summed E-state index contributed by atoms with van der Waals surface area (Å²) in [4.78, 5) is 2.09. The van der Waals surface area contributed by atoms with Crippen molar-refractivity contribution in [2.45, 2.75) is 58.3 Å². The van der Waals surface area contributed by atoms with Crippen LogP contribution in [0.1, 0.15) is 58.3 Å². The van der Waals surface area contributed by atoms with Gasteiger partial charge in [-0.2, -0.15) is 0 Å². The topological polar surface area (TPSA) is 58.6 Å². The molecule has 0 aliphatic heterocycles. The first-order valence-electron chi connectivity index (χ1n) is 12.4. The Labute approximate surface area is 192 Å². The van der Waals surface area contributed by atoms with E-state index in [9.17, 15) is 0 Å². The summed E-state index contributed by atoms with van der Waals surface area (Å²) in [6.45, 7) is 10.8. The van der Waals surface area contributed by atoms with Gasteiger partial charge in [0.05, 0.1) is 72.7 Å². The van der Waals surface area contributed by atoms with E-state index in [1.54, 1.807) is 0 Å². The van der Waals surface area contributed by atoms with Crippen LogP contribution in [0.5, 0.6) is 0 Å². The van der Waals surface area contributed by atoms with Crippen molar-refractivity contribution in [1.29, 1.82) is 0 Å². The SMILES string of the molecule is CCCCCCCCCCOCCOCCOCCOCCOCCOCCN(C)C. The molecule has 0 unspecified atom stereocenters. The van der Waals surface area contributed by atoms with Crippen LogP contribution in [0.25, 0.3) is 0 Å². The highest BCUT2D eigenvalue weighted by molar-refractivity contribution is 4.46. The first kappa shape index (κ1) is 30.7. The summed E-state index contributed by atoms with van der Waals surface area (Å²) < 4.78 is 32.9. The van der Waals surface area contributed by atoms with Gasteiger partial charge in [0.2, 0.25) is 0 Å². The molecule has 0 aromatic heterocycles. The van der Waals surface area contributed by atoms with Gasteiger partial charge in [-0.25, -0.2) is 0 Å². The van der Waals surface area contributed by atoms with Gasteiger partial charge in [-0.15, -0.1) is 0 Å². The zero-order valence-corrected chi connectivity index (χ0v) is 20.7. The Hall–Kier alpha value is -0.280. The molecule has 31 heavy (non-hydrogen) atoms. The van der Waals surface area contributed by atoms with E-state index in [1.165, 1.54) is 44.9 Å². The Kier molecular flexibility index (Phi) is 27.5. The first-order valence-corrected chi connectivity index (χ1v) is 12.4. The number of hydrogen-bond donors (Lipinski definition) is 0. The summed E-state index contributed by atoms with van der Waals surface area (Å²) in [5.74, 6) is 0. The normalized spacial score (nSPS) is 11.6. The molecule has 0 aromatic carbocycles. The summed E-state index contributed by atoms with van der Waals surface area (Å²) in [6.07, 6.45) is 10.6. The molecule has 7 heteroatoms. The van der Waals surface area contributed by atoms with Crippen LogP contribution in [0.2, 0.25) is 0 Å². The summed E-state index contributed by atoms with van der Waals surface area (Å²) in [6, 6.07) is 0. The molecule has 0 aliphatic carbocycles. The maximum atomic E-state index is 5.60. The molecule has 0 fully saturated rings. The van der Waals surface area contributed by atoms with Crippen LogP contribution in [-0.4, -0.2) is 105 Å². The van der Waals surface area contributed by atoms with Gasteiger partial charge in [-0.3, -0.25) is 0 Å². The Morgan fingerprint density at radius 1 is 0.387 bits per heavy atom. The van der Waals surface area contributed by atoms with E-state index >= 15 is 0 Å². The summed E-state index contributed by atoms with van der Waals surface area (Å²) in [5.41, 5.74) is 0. The third kappa shape index (κ3) is 29.7. The summed E-state index contributed by atoms with van der Waals surface area (Å²) in [7, 11) is 4.06. The smallest absolute Gasteiger partial charge is 0.0701 e. The molecule has 0 N–H and O–H groups in total. The Balaban J connectivity index is 2.99. The van der Waals surface area contributed by atoms with Crippen LogP contribution in [0.3, 0.4) is 0 Å². The Bertz CT molecular complexity index is 320. The minimum absolute atomic E-state index is 0.574. The standard InChI is InChI=1S/C24H51NO6/c1-4-5-6-7-8-9-10-11-13-26-15-17-28-19-21-30-23-24-31-22-20-29-18-16-27-14-12-25(2)3/h4-24H2,1-3H3. The molecule has 0 atom stereocenters. The van der Waals surface area contributed by atoms with Crippen LogP contribution in [0.4, 0.5) is 0 Å². The van der Waals surface area contributed by atoms with E-state index in [0.29, 0.717) is 66.1 Å². The monoisotopic (exact) mass is 449 g/mol. The first-order chi connectivity index (χ1) is 15.3. The average Bonchev–Trinajstić information content (AvgIpc) is 2.76. The van der Waals surface area contributed by atoms with E-state index in [-0.39, 0.29) is 0 Å². The van der Waals surface area contributed by atoms with Gasteiger partial charge in [-0.05, 0) is 20.5 Å². The second kappa shape index (κ2) is 27.8. The molecule has 0 rings (SSSR count). The highest BCUT2D eigenvalue weighted by Crippen LogP contribution is 2.08. The third-order valence-electron chi connectivity index (χ3n) is 4.69. The second-order valence-electron chi connectivity index (χ2n) is 7.95. The molecular weight excluding hydrogens is 398 g/mol. The predicted octanol–water partition coefficient (Wildman–Crippen LogP) is 3.79. The highest BCUT2D eigenvalue weighted by Gasteiger charge is 1.95. The van der Waals surface area contributed by atoms with Gasteiger partial charge >= 0.3 is 0 Å². The molecule has 0 saturated carbocycles. The molecule has 0 aromatic rings. The fourth-order valence-electron chi connectivity index (χ4n) is 2.79. The van der Waals surface area contributed by atoms with Gasteiger partial charge in [0.25, 0.3) is 0 Å². The number of unbranched alkanes of at least 4 members (excludes halogenated alkanes) is 7. The molecule has 0 aliphatic rings. The zero-order valence-electron chi connectivity index (χ0n) is 20.7. The Morgan fingerprint density at radius 2 is 0.710 bits per heavy atom. The van der Waals surface area contributed by atoms with Crippen molar-refractivity contribution >= 4 is 0 Å². The highest BCUT2D eigenvalue weighted by atomic mass is 16.6. The number of hydrogen-bond acceptors (Lipinski definition) is 7. The number of nitrogens with zero attached hydrogens (tertiary/aromatic N) is 1. The molecule has 0 radical (unpaired) electrons. The van der Waals surface area contributed by atoms with Gasteiger partial charge in [0.1, 0.15) is 0 Å². The van der Waals surface area contributed by atoms with Gasteiger partial charge in [0, 0.05) is 13.2 Å². The van der Waals surface area contributed by atoms with E-state index in [2.05, 4.69) is 11.8 Å². The fourth-order valence-corrected chi connectivity index (χ4v) is 2.79. The molecule has 0 spiro atoms. The van der Waals surface area contributed by atoms with Crippen molar-refractivity contribution in [3.8, 4) is 0 Å². The van der Waals surface area contributed by atoms with Crippen molar-refractivity contribution in [3.63, 3.8) is 0 Å². The zero-order chi connectivity index (χ0) is 22.7. The van der Waals surface area contributed by atoms with Crippen molar-refractivity contribution in [3.05, 3.63) is 0 Å². The molecule has 188 valence electrons. The van der Waals surface area contributed by atoms with Crippen LogP contribution in [-0.2, 0) is 28.4 Å². The largest absolute Gasteiger partial charge is 0.379 e. The number of likely N-dealkylation sites (N-methyl/N-ethyl adjacent to an activating group) is 1. The maximum absolute atomic E-state index is 5.60. The van der Waals surface area contributed by atoms with E-state index in [4.69, 9.17) is 28.4 Å². The average molecular weight is 450 g/mol. The van der Waals surface area contributed by atoms with Gasteiger partial charge < -0.3 is 33.3 Å². The third-order valence-corrected chi connectivity index (χ3v) is 4.69. The predicted molar refractivity (Wildman–Crippen MR) is 126 cm³/mol. The van der Waals surface area contributed by atoms with Gasteiger partial charge in [0.15, 0.2) is 0 Å². The van der Waals surface area contributed by atoms with Crippen molar-refractivity contribution in [2.75, 3.05) is 99.9 Å². The number of ether oxygens (including phenoxy) is 6. The van der Waals surface area contributed by atoms with Crippen molar-refractivity contribution in [2.24, 2.45) is 0 Å². The Morgan fingerprint density at radius 3 is 1.10 bits per heavy atom. The molecule has 7 nitrogen and oxygen atoms in total. The summed E-state index contributed by atoms with van der Waals surface area (Å²) >= 11 is 0. The van der Waals surface area contributed by atoms with Crippen molar-refractivity contribution < 1.29 is 28.4 Å². The second-order valence-corrected chi connectivity index (χ2v) is 7.95. The van der Waals surface area contributed by atoms with Crippen LogP contribution >= 0.6 is 0 Å². The molecule has 0 bridgehead atoms. The van der Waals surface area contributed by atoms with E-state index < -0.39 is 0 Å². The van der Waals surface area contributed by atoms with E-state index in [1.807, 2.05) is 14.1 Å². The number of rotatable bonds is 27. The minimum Gasteiger partial charge on any atom is -0.379 e. The van der Waals surface area contributed by atoms with Crippen LogP contribution in [0, 0.1) is 0 Å². The lowest BCUT2D eigenvalue weighted by Crippen LogP contribution is -2.19. The lowest BCUT2D eigenvalue weighted by molar-refractivity contribution is -0.0172. The quantitative estimate of drug-likeness (QED) is 0.177. The van der Waals surface area contributed by atoms with Crippen molar-refractivity contribution in [1.82, 2.24) is 4.90 Å². The minimum atomic E-state index is 0.574. The maximum Gasteiger partial charge on any atom is 0.0701 e.